The summed E-state index contributed by atoms with van der Waals surface area (Å²) >= 11 is 0. The zero-order valence-corrected chi connectivity index (χ0v) is 10.8. The van der Waals surface area contributed by atoms with E-state index >= 15 is 0 Å². The minimum atomic E-state index is -0.526. The average Bonchev–Trinajstić information content (AvgIpc) is 2.77. The lowest BCUT2D eigenvalue weighted by Crippen LogP contribution is -2.44. The number of hydrogen-bond acceptors (Lipinski definition) is 3. The van der Waals surface area contributed by atoms with Gasteiger partial charge in [0, 0.05) is 18.9 Å². The van der Waals surface area contributed by atoms with Gasteiger partial charge in [0.15, 0.2) is 0 Å². The Morgan fingerprint density at radius 2 is 2.06 bits per heavy atom. The van der Waals surface area contributed by atoms with Crippen LogP contribution < -0.4 is 5.32 Å². The SMILES string of the molecule is CC1(C)CCC(O)(CNCc2ncc[nH]2)CC1. The van der Waals surface area contributed by atoms with Gasteiger partial charge in [-0.05, 0) is 31.1 Å². The highest BCUT2D eigenvalue weighted by atomic mass is 16.3. The van der Waals surface area contributed by atoms with Crippen LogP contribution in [-0.4, -0.2) is 27.2 Å². The van der Waals surface area contributed by atoms with Gasteiger partial charge < -0.3 is 15.4 Å². The summed E-state index contributed by atoms with van der Waals surface area (Å²) in [7, 11) is 0. The molecular formula is C13H23N3O. The minimum absolute atomic E-state index is 0.396. The van der Waals surface area contributed by atoms with E-state index in [2.05, 4.69) is 29.1 Å². The van der Waals surface area contributed by atoms with E-state index in [1.165, 1.54) is 0 Å². The van der Waals surface area contributed by atoms with Crippen molar-refractivity contribution in [1.29, 1.82) is 0 Å². The van der Waals surface area contributed by atoms with E-state index < -0.39 is 5.60 Å². The van der Waals surface area contributed by atoms with Gasteiger partial charge in [0.25, 0.3) is 0 Å². The Balaban J connectivity index is 1.75. The Morgan fingerprint density at radius 3 is 2.65 bits per heavy atom. The molecular weight excluding hydrogens is 214 g/mol. The van der Waals surface area contributed by atoms with E-state index in [0.29, 0.717) is 18.5 Å². The Bertz CT molecular complexity index is 336. The monoisotopic (exact) mass is 237 g/mol. The number of imidazole rings is 1. The highest BCUT2D eigenvalue weighted by Gasteiger charge is 2.36. The molecule has 4 heteroatoms. The van der Waals surface area contributed by atoms with Crippen LogP contribution in [-0.2, 0) is 6.54 Å². The number of aromatic amines is 1. The summed E-state index contributed by atoms with van der Waals surface area (Å²) in [4.78, 5) is 7.19. The van der Waals surface area contributed by atoms with E-state index in [4.69, 9.17) is 0 Å². The van der Waals surface area contributed by atoms with E-state index in [-0.39, 0.29) is 0 Å². The first kappa shape index (κ1) is 12.6. The quantitative estimate of drug-likeness (QED) is 0.748. The van der Waals surface area contributed by atoms with Crippen LogP contribution in [0.1, 0.15) is 45.4 Å². The minimum Gasteiger partial charge on any atom is -0.389 e. The van der Waals surface area contributed by atoms with E-state index in [9.17, 15) is 5.11 Å². The number of aliphatic hydroxyl groups is 1. The molecule has 0 spiro atoms. The third-order valence-electron chi connectivity index (χ3n) is 3.84. The molecule has 0 saturated heterocycles. The molecule has 1 saturated carbocycles. The van der Waals surface area contributed by atoms with Crippen molar-refractivity contribution < 1.29 is 5.11 Å². The van der Waals surface area contributed by atoms with Crippen molar-refractivity contribution in [1.82, 2.24) is 15.3 Å². The number of aromatic nitrogens is 2. The van der Waals surface area contributed by atoms with Gasteiger partial charge in [0.2, 0.25) is 0 Å². The number of H-pyrrole nitrogens is 1. The molecule has 0 bridgehead atoms. The molecule has 1 aromatic heterocycles. The second-order valence-corrected chi connectivity index (χ2v) is 6.03. The fraction of sp³-hybridized carbons (Fsp3) is 0.769. The molecule has 1 aliphatic carbocycles. The van der Waals surface area contributed by atoms with Crippen LogP contribution in [0.3, 0.4) is 0 Å². The van der Waals surface area contributed by atoms with Crippen LogP contribution >= 0.6 is 0 Å². The molecule has 1 fully saturated rings. The van der Waals surface area contributed by atoms with Gasteiger partial charge in [0.05, 0.1) is 12.1 Å². The number of rotatable bonds is 4. The summed E-state index contributed by atoms with van der Waals surface area (Å²) in [5.41, 5.74) is -0.130. The number of nitrogens with one attached hydrogen (secondary N) is 2. The van der Waals surface area contributed by atoms with Crippen LogP contribution in [0.5, 0.6) is 0 Å². The van der Waals surface area contributed by atoms with Crippen LogP contribution in [0, 0.1) is 5.41 Å². The molecule has 4 nitrogen and oxygen atoms in total. The Hall–Kier alpha value is -0.870. The van der Waals surface area contributed by atoms with Gasteiger partial charge in [0.1, 0.15) is 5.82 Å². The molecule has 1 aliphatic rings. The van der Waals surface area contributed by atoms with Gasteiger partial charge in [-0.25, -0.2) is 4.98 Å². The zero-order valence-electron chi connectivity index (χ0n) is 10.8. The van der Waals surface area contributed by atoms with Crippen molar-refractivity contribution in [3.05, 3.63) is 18.2 Å². The van der Waals surface area contributed by atoms with Gasteiger partial charge >= 0.3 is 0 Å². The standard InChI is InChI=1S/C13H23N3O/c1-12(2)3-5-13(17,6-4-12)10-14-9-11-15-7-8-16-11/h7-8,14,17H,3-6,9-10H2,1-2H3,(H,15,16). The van der Waals surface area contributed by atoms with Crippen LogP contribution in [0.25, 0.3) is 0 Å². The van der Waals surface area contributed by atoms with E-state index in [0.717, 1.165) is 31.5 Å². The summed E-state index contributed by atoms with van der Waals surface area (Å²) in [6, 6.07) is 0. The van der Waals surface area contributed by atoms with E-state index in [1.54, 1.807) is 6.20 Å². The van der Waals surface area contributed by atoms with E-state index in [1.807, 2.05) is 6.20 Å². The molecule has 1 heterocycles. The highest BCUT2D eigenvalue weighted by Crippen LogP contribution is 2.39. The molecule has 17 heavy (non-hydrogen) atoms. The molecule has 3 N–H and O–H groups in total. The third kappa shape index (κ3) is 3.54. The summed E-state index contributed by atoms with van der Waals surface area (Å²) in [5.74, 6) is 0.921. The summed E-state index contributed by atoms with van der Waals surface area (Å²) in [5, 5.41) is 13.7. The normalized spacial score (nSPS) is 22.5. The lowest BCUT2D eigenvalue weighted by Gasteiger charge is -2.40. The lowest BCUT2D eigenvalue weighted by molar-refractivity contribution is -0.0245. The molecule has 2 rings (SSSR count). The molecule has 0 radical (unpaired) electrons. The predicted molar refractivity (Wildman–Crippen MR) is 67.5 cm³/mol. The predicted octanol–water partition coefficient (Wildman–Crippen LogP) is 1.83. The van der Waals surface area contributed by atoms with Crippen molar-refractivity contribution in [3.8, 4) is 0 Å². The highest BCUT2D eigenvalue weighted by molar-refractivity contribution is 4.92. The van der Waals surface area contributed by atoms with Crippen LogP contribution in [0.4, 0.5) is 0 Å². The Kier molecular flexibility index (Phi) is 3.54. The van der Waals surface area contributed by atoms with Crippen molar-refractivity contribution >= 4 is 0 Å². The number of nitrogens with zero attached hydrogens (tertiary/aromatic N) is 1. The second kappa shape index (κ2) is 4.78. The Labute approximate surface area is 103 Å². The molecule has 0 amide bonds. The first-order valence-electron chi connectivity index (χ1n) is 6.41. The fourth-order valence-electron chi connectivity index (χ4n) is 2.38. The largest absolute Gasteiger partial charge is 0.389 e. The average molecular weight is 237 g/mol. The molecule has 0 atom stereocenters. The summed E-state index contributed by atoms with van der Waals surface area (Å²) < 4.78 is 0. The van der Waals surface area contributed by atoms with Crippen LogP contribution in [0.15, 0.2) is 12.4 Å². The smallest absolute Gasteiger partial charge is 0.120 e. The Morgan fingerprint density at radius 1 is 1.35 bits per heavy atom. The summed E-state index contributed by atoms with van der Waals surface area (Å²) in [6.45, 7) is 5.91. The first-order chi connectivity index (χ1) is 7.99. The molecule has 96 valence electrons. The van der Waals surface area contributed by atoms with Gasteiger partial charge in [-0.3, -0.25) is 0 Å². The maximum Gasteiger partial charge on any atom is 0.120 e. The van der Waals surface area contributed by atoms with Gasteiger partial charge in [-0.1, -0.05) is 13.8 Å². The van der Waals surface area contributed by atoms with Gasteiger partial charge in [-0.15, -0.1) is 0 Å². The topological polar surface area (TPSA) is 60.9 Å². The van der Waals surface area contributed by atoms with Crippen LogP contribution in [0.2, 0.25) is 0 Å². The maximum absolute atomic E-state index is 10.4. The fourth-order valence-corrected chi connectivity index (χ4v) is 2.38. The zero-order chi connectivity index (χ0) is 12.4. The first-order valence-corrected chi connectivity index (χ1v) is 6.41. The van der Waals surface area contributed by atoms with Crippen molar-refractivity contribution in [2.24, 2.45) is 5.41 Å². The molecule has 0 unspecified atom stereocenters. The van der Waals surface area contributed by atoms with Crippen molar-refractivity contribution in [2.45, 2.75) is 51.7 Å². The van der Waals surface area contributed by atoms with Crippen molar-refractivity contribution in [3.63, 3.8) is 0 Å². The molecule has 1 aromatic rings. The van der Waals surface area contributed by atoms with Crippen molar-refractivity contribution in [2.75, 3.05) is 6.54 Å². The lowest BCUT2D eigenvalue weighted by atomic mass is 9.71. The molecule has 0 aromatic carbocycles. The summed E-state index contributed by atoms with van der Waals surface area (Å²) in [6.07, 6.45) is 7.55. The second-order valence-electron chi connectivity index (χ2n) is 6.03. The molecule has 0 aliphatic heterocycles. The number of hydrogen-bond donors (Lipinski definition) is 3. The maximum atomic E-state index is 10.4. The third-order valence-corrected chi connectivity index (χ3v) is 3.84. The van der Waals surface area contributed by atoms with Gasteiger partial charge in [-0.2, -0.15) is 0 Å².